The molecule has 0 aliphatic rings. The van der Waals surface area contributed by atoms with E-state index in [4.69, 9.17) is 4.74 Å². The van der Waals surface area contributed by atoms with Crippen molar-refractivity contribution in [3.63, 3.8) is 0 Å². The van der Waals surface area contributed by atoms with E-state index in [1.165, 1.54) is 0 Å². The van der Waals surface area contributed by atoms with Crippen LogP contribution in [0, 0.1) is 10.1 Å². The molecule has 0 fully saturated rings. The van der Waals surface area contributed by atoms with Gasteiger partial charge in [-0.3, -0.25) is 15.1 Å². The number of pyridine rings is 1. The van der Waals surface area contributed by atoms with Crippen LogP contribution in [0.5, 0.6) is 5.75 Å². The van der Waals surface area contributed by atoms with Crippen LogP contribution in [0.3, 0.4) is 0 Å². The zero-order valence-electron chi connectivity index (χ0n) is 11.3. The highest BCUT2D eigenvalue weighted by Crippen LogP contribution is 2.34. The number of nitrogens with one attached hydrogen (secondary N) is 1. The Hall–Kier alpha value is -2.21. The second kappa shape index (κ2) is 6.81. The minimum absolute atomic E-state index is 0.0221. The van der Waals surface area contributed by atoms with Crippen LogP contribution in [0.1, 0.15) is 13.3 Å². The number of hydrogen-bond acceptors (Lipinski definition) is 5. The number of nitro benzene ring substituents is 1. The summed E-state index contributed by atoms with van der Waals surface area (Å²) in [6.07, 6.45) is 2.66. The molecule has 1 aromatic heterocycles. The highest BCUT2D eigenvalue weighted by molar-refractivity contribution is 5.90. The van der Waals surface area contributed by atoms with Gasteiger partial charge in [-0.15, -0.1) is 0 Å². The van der Waals surface area contributed by atoms with E-state index in [1.807, 2.05) is 0 Å². The van der Waals surface area contributed by atoms with Crippen LogP contribution in [0.25, 0.3) is 10.9 Å². The number of benzene rings is 1. The molecule has 0 unspecified atom stereocenters. The van der Waals surface area contributed by atoms with Crippen molar-refractivity contribution in [2.45, 2.75) is 13.3 Å². The Kier molecular flexibility index (Phi) is 4.84. The fourth-order valence-electron chi connectivity index (χ4n) is 1.96. The van der Waals surface area contributed by atoms with Crippen molar-refractivity contribution in [1.29, 1.82) is 0 Å². The van der Waals surface area contributed by atoms with Crippen molar-refractivity contribution >= 4 is 16.6 Å². The van der Waals surface area contributed by atoms with E-state index in [0.29, 0.717) is 24.1 Å². The first-order chi connectivity index (χ1) is 9.74. The molecule has 0 atom stereocenters. The number of ether oxygens (including phenoxy) is 1. The van der Waals surface area contributed by atoms with Crippen molar-refractivity contribution in [3.05, 3.63) is 40.6 Å². The molecule has 0 aliphatic heterocycles. The van der Waals surface area contributed by atoms with Gasteiger partial charge >= 0.3 is 5.69 Å². The molecule has 2 rings (SSSR count). The molecule has 2 aromatic rings. The zero-order valence-corrected chi connectivity index (χ0v) is 11.3. The Morgan fingerprint density at radius 1 is 1.35 bits per heavy atom. The average molecular weight is 275 g/mol. The lowest BCUT2D eigenvalue weighted by atomic mass is 10.1. The third-order valence-electron chi connectivity index (χ3n) is 2.87. The van der Waals surface area contributed by atoms with E-state index >= 15 is 0 Å². The number of nitrogens with zero attached hydrogens (tertiary/aromatic N) is 2. The molecule has 0 bridgehead atoms. The minimum atomic E-state index is -0.418. The SMILES string of the molecule is CCCNCCOc1ccc2ncccc2c1[N+](=O)[O-]. The predicted octanol–water partition coefficient (Wildman–Crippen LogP) is 2.52. The largest absolute Gasteiger partial charge is 0.485 e. The number of nitro groups is 1. The fourth-order valence-corrected chi connectivity index (χ4v) is 1.96. The molecule has 20 heavy (non-hydrogen) atoms. The first kappa shape index (κ1) is 14.2. The van der Waals surface area contributed by atoms with E-state index in [1.54, 1.807) is 30.5 Å². The van der Waals surface area contributed by atoms with Crippen molar-refractivity contribution < 1.29 is 9.66 Å². The quantitative estimate of drug-likeness (QED) is 0.477. The third kappa shape index (κ3) is 3.21. The van der Waals surface area contributed by atoms with Crippen molar-refractivity contribution in [3.8, 4) is 5.75 Å². The molecule has 6 heteroatoms. The lowest BCUT2D eigenvalue weighted by molar-refractivity contribution is -0.384. The van der Waals surface area contributed by atoms with E-state index in [9.17, 15) is 10.1 Å². The second-order valence-electron chi connectivity index (χ2n) is 4.34. The Morgan fingerprint density at radius 2 is 2.20 bits per heavy atom. The molecular weight excluding hydrogens is 258 g/mol. The molecule has 6 nitrogen and oxygen atoms in total. The Balaban J connectivity index is 2.20. The molecule has 0 radical (unpaired) electrons. The summed E-state index contributed by atoms with van der Waals surface area (Å²) in [6, 6.07) is 6.70. The van der Waals surface area contributed by atoms with Crippen molar-refractivity contribution in [1.82, 2.24) is 10.3 Å². The van der Waals surface area contributed by atoms with E-state index in [2.05, 4.69) is 17.2 Å². The van der Waals surface area contributed by atoms with E-state index < -0.39 is 4.92 Å². The minimum Gasteiger partial charge on any atom is -0.485 e. The molecular formula is C14H17N3O3. The van der Waals surface area contributed by atoms with Crippen LogP contribution >= 0.6 is 0 Å². The molecule has 0 saturated carbocycles. The molecule has 0 amide bonds. The summed E-state index contributed by atoms with van der Waals surface area (Å²) in [4.78, 5) is 14.9. The Morgan fingerprint density at radius 3 is 2.95 bits per heavy atom. The second-order valence-corrected chi connectivity index (χ2v) is 4.34. The lowest BCUT2D eigenvalue weighted by Crippen LogP contribution is -2.21. The molecule has 1 N–H and O–H groups in total. The van der Waals surface area contributed by atoms with Gasteiger partial charge in [0.05, 0.1) is 15.8 Å². The van der Waals surface area contributed by atoms with E-state index in [0.717, 1.165) is 13.0 Å². The van der Waals surface area contributed by atoms with Gasteiger partial charge in [0.25, 0.3) is 0 Å². The molecule has 0 aliphatic carbocycles. The highest BCUT2D eigenvalue weighted by atomic mass is 16.6. The number of hydrogen-bond donors (Lipinski definition) is 1. The van der Waals surface area contributed by atoms with Gasteiger partial charge in [-0.25, -0.2) is 0 Å². The Bertz CT molecular complexity index is 601. The van der Waals surface area contributed by atoms with Gasteiger partial charge in [0.1, 0.15) is 6.61 Å². The summed E-state index contributed by atoms with van der Waals surface area (Å²) in [5.41, 5.74) is 0.571. The zero-order chi connectivity index (χ0) is 14.4. The summed E-state index contributed by atoms with van der Waals surface area (Å²) in [6.45, 7) is 4.05. The number of fused-ring (bicyclic) bond motifs is 1. The van der Waals surface area contributed by atoms with Crippen LogP contribution in [-0.2, 0) is 0 Å². The fraction of sp³-hybridized carbons (Fsp3) is 0.357. The van der Waals surface area contributed by atoms with Gasteiger partial charge < -0.3 is 10.1 Å². The smallest absolute Gasteiger partial charge is 0.320 e. The standard InChI is InChI=1S/C14H17N3O3/c1-2-7-15-9-10-20-13-6-5-12-11(4-3-8-16-12)14(13)17(18)19/h3-6,8,15H,2,7,9-10H2,1H3. The van der Waals surface area contributed by atoms with Gasteiger partial charge in [0.15, 0.2) is 5.75 Å². The average Bonchev–Trinajstić information content (AvgIpc) is 2.46. The van der Waals surface area contributed by atoms with Gasteiger partial charge in [-0.2, -0.15) is 0 Å². The number of rotatable bonds is 7. The molecule has 106 valence electrons. The molecule has 1 heterocycles. The Labute approximate surface area is 116 Å². The van der Waals surface area contributed by atoms with Gasteiger partial charge in [-0.05, 0) is 37.2 Å². The van der Waals surface area contributed by atoms with Crippen LogP contribution in [-0.4, -0.2) is 29.6 Å². The maximum absolute atomic E-state index is 11.3. The molecule has 0 spiro atoms. The summed E-state index contributed by atoms with van der Waals surface area (Å²) < 4.78 is 5.52. The van der Waals surface area contributed by atoms with Crippen molar-refractivity contribution in [2.75, 3.05) is 19.7 Å². The summed E-state index contributed by atoms with van der Waals surface area (Å²) in [5.74, 6) is 0.286. The molecule has 0 saturated heterocycles. The van der Waals surface area contributed by atoms with Gasteiger partial charge in [-0.1, -0.05) is 6.92 Å². The van der Waals surface area contributed by atoms with Crippen LogP contribution in [0.4, 0.5) is 5.69 Å². The number of aromatic nitrogens is 1. The lowest BCUT2D eigenvalue weighted by Gasteiger charge is -2.08. The highest BCUT2D eigenvalue weighted by Gasteiger charge is 2.19. The van der Waals surface area contributed by atoms with Crippen LogP contribution < -0.4 is 10.1 Å². The normalized spacial score (nSPS) is 10.7. The third-order valence-corrected chi connectivity index (χ3v) is 2.87. The van der Waals surface area contributed by atoms with Crippen LogP contribution in [0.15, 0.2) is 30.5 Å². The summed E-state index contributed by atoms with van der Waals surface area (Å²) in [5, 5.41) is 14.9. The van der Waals surface area contributed by atoms with Gasteiger partial charge in [0.2, 0.25) is 0 Å². The first-order valence-electron chi connectivity index (χ1n) is 6.59. The monoisotopic (exact) mass is 275 g/mol. The van der Waals surface area contributed by atoms with E-state index in [-0.39, 0.29) is 11.4 Å². The first-order valence-corrected chi connectivity index (χ1v) is 6.59. The van der Waals surface area contributed by atoms with Gasteiger partial charge in [0, 0.05) is 12.7 Å². The maximum Gasteiger partial charge on any atom is 0.320 e. The van der Waals surface area contributed by atoms with Crippen LogP contribution in [0.2, 0.25) is 0 Å². The van der Waals surface area contributed by atoms with Crippen molar-refractivity contribution in [2.24, 2.45) is 0 Å². The predicted molar refractivity (Wildman–Crippen MR) is 77.1 cm³/mol. The molecule has 1 aromatic carbocycles. The topological polar surface area (TPSA) is 77.3 Å². The summed E-state index contributed by atoms with van der Waals surface area (Å²) >= 11 is 0. The summed E-state index contributed by atoms with van der Waals surface area (Å²) in [7, 11) is 0. The maximum atomic E-state index is 11.3.